The molecule has 0 radical (unpaired) electrons. The highest BCUT2D eigenvalue weighted by molar-refractivity contribution is 7.91. The molecule has 0 amide bonds. The van der Waals surface area contributed by atoms with Crippen LogP contribution in [0, 0.1) is 0 Å². The van der Waals surface area contributed by atoms with Gasteiger partial charge in [0.2, 0.25) is 0 Å². The van der Waals surface area contributed by atoms with Crippen LogP contribution in [-0.4, -0.2) is 37.4 Å². The maximum absolute atomic E-state index is 13.7. The van der Waals surface area contributed by atoms with Gasteiger partial charge in [-0.25, -0.2) is 8.42 Å². The largest absolute Gasteiger partial charge is 0.375 e. The van der Waals surface area contributed by atoms with E-state index in [0.717, 1.165) is 18.4 Å². The quantitative estimate of drug-likeness (QED) is 0.464. The van der Waals surface area contributed by atoms with Gasteiger partial charge in [-0.15, -0.1) is 0 Å². The molecule has 11 heteroatoms. The monoisotopic (exact) mass is 508 g/mol. The minimum Gasteiger partial charge on any atom is -0.375 e. The van der Waals surface area contributed by atoms with E-state index >= 15 is 0 Å². The summed E-state index contributed by atoms with van der Waals surface area (Å²) < 4.78 is 65.0. The lowest BCUT2D eigenvalue weighted by Crippen LogP contribution is -2.50. The number of hydrogen-bond donors (Lipinski definition) is 2. The summed E-state index contributed by atoms with van der Waals surface area (Å²) in [5.41, 5.74) is -0.164. The third-order valence-electron chi connectivity index (χ3n) is 6.44. The molecule has 0 fully saturated rings. The smallest absolute Gasteiger partial charge is 0.291 e. The molecule has 1 aliphatic rings. The van der Waals surface area contributed by atoms with Gasteiger partial charge in [0, 0.05) is 5.54 Å². The maximum atomic E-state index is 13.7. The number of aromatic nitrogens is 1. The maximum Gasteiger partial charge on any atom is 0.291 e. The van der Waals surface area contributed by atoms with Gasteiger partial charge in [0.25, 0.3) is 15.7 Å². The zero-order chi connectivity index (χ0) is 24.7. The average molecular weight is 509 g/mol. The molecule has 1 aliphatic heterocycles. The lowest BCUT2D eigenvalue weighted by atomic mass is 9.88. The molecule has 2 N–H and O–H groups in total. The summed E-state index contributed by atoms with van der Waals surface area (Å²) in [5, 5.41) is 3.56. The zero-order valence-corrected chi connectivity index (χ0v) is 20.7. The van der Waals surface area contributed by atoms with Crippen LogP contribution in [0.15, 0.2) is 56.7 Å². The molecule has 0 unspecified atom stereocenters. The highest BCUT2D eigenvalue weighted by atomic mass is 32.2. The first-order valence-electron chi connectivity index (χ1n) is 11.2. The molecule has 0 saturated carbocycles. The van der Waals surface area contributed by atoms with Crippen molar-refractivity contribution in [2.75, 3.05) is 5.75 Å². The van der Waals surface area contributed by atoms with Crippen LogP contribution in [0.1, 0.15) is 56.7 Å². The minimum absolute atomic E-state index is 0.0186. The first kappa shape index (κ1) is 24.6. The second-order valence-electron chi connectivity index (χ2n) is 8.86. The van der Waals surface area contributed by atoms with Gasteiger partial charge in [0.15, 0.2) is 21.3 Å². The standard InChI is InChI=1S/C23H28N2O7S2/c1-3-5-11-23(4-2)14-33(27,28)20-13-17-19(32-25(22(17)26)15-34(29,30)31)12-18(20)21(24-23)16-9-7-6-8-10-16/h6-10,12-13,21,24H,3-5,11,14-15H2,1-2H3,(H,29,30,31)/t21-,23-/m1/s1. The van der Waals surface area contributed by atoms with E-state index in [9.17, 15) is 21.6 Å². The van der Waals surface area contributed by atoms with E-state index in [0.29, 0.717) is 23.1 Å². The fourth-order valence-corrected chi connectivity index (χ4v) is 7.27. The fraction of sp³-hybridized carbons (Fsp3) is 0.435. The Balaban J connectivity index is 1.98. The lowest BCUT2D eigenvalue weighted by Gasteiger charge is -2.35. The first-order valence-corrected chi connectivity index (χ1v) is 14.4. The van der Waals surface area contributed by atoms with E-state index in [-0.39, 0.29) is 21.6 Å². The molecule has 0 spiro atoms. The summed E-state index contributed by atoms with van der Waals surface area (Å²) >= 11 is 0. The normalized spacial score (nSPS) is 22.4. The van der Waals surface area contributed by atoms with Crippen molar-refractivity contribution in [3.8, 4) is 0 Å². The van der Waals surface area contributed by atoms with Crippen molar-refractivity contribution in [3.05, 3.63) is 63.9 Å². The predicted octanol–water partition coefficient (Wildman–Crippen LogP) is 3.25. The summed E-state index contributed by atoms with van der Waals surface area (Å²) in [7, 11) is -8.36. The molecule has 0 saturated heterocycles. The van der Waals surface area contributed by atoms with E-state index in [4.69, 9.17) is 9.08 Å². The summed E-state index contributed by atoms with van der Waals surface area (Å²) in [4.78, 5) is 12.8. The zero-order valence-electron chi connectivity index (χ0n) is 19.0. The predicted molar refractivity (Wildman–Crippen MR) is 128 cm³/mol. The molecular formula is C23H28N2O7S2. The molecule has 34 heavy (non-hydrogen) atoms. The van der Waals surface area contributed by atoms with Gasteiger partial charge >= 0.3 is 0 Å². The van der Waals surface area contributed by atoms with Gasteiger partial charge in [-0.3, -0.25) is 14.7 Å². The number of fused-ring (bicyclic) bond motifs is 2. The number of sulfone groups is 1. The number of hydrogen-bond acceptors (Lipinski definition) is 7. The van der Waals surface area contributed by atoms with Crippen LogP contribution in [-0.2, 0) is 25.8 Å². The van der Waals surface area contributed by atoms with Crippen LogP contribution in [0.4, 0.5) is 0 Å². The van der Waals surface area contributed by atoms with Crippen molar-refractivity contribution in [2.24, 2.45) is 0 Å². The van der Waals surface area contributed by atoms with Crippen LogP contribution in [0.25, 0.3) is 11.0 Å². The Hall–Kier alpha value is -2.47. The number of nitrogens with one attached hydrogen (secondary N) is 1. The van der Waals surface area contributed by atoms with Gasteiger partial charge in [-0.2, -0.15) is 13.2 Å². The van der Waals surface area contributed by atoms with Gasteiger partial charge in [0.05, 0.1) is 22.1 Å². The van der Waals surface area contributed by atoms with Gasteiger partial charge in [-0.1, -0.05) is 57.0 Å². The SMILES string of the molecule is CCCC[C@]1(CC)CS(=O)(=O)c2cc3c(=O)n(CS(=O)(=O)O)oc3cc2[C@@H](c2ccccc2)N1. The second kappa shape index (κ2) is 8.95. The van der Waals surface area contributed by atoms with Crippen molar-refractivity contribution >= 4 is 30.9 Å². The molecule has 2 heterocycles. The van der Waals surface area contributed by atoms with E-state index in [1.54, 1.807) is 0 Å². The average Bonchev–Trinajstić information content (AvgIpc) is 3.02. The summed E-state index contributed by atoms with van der Waals surface area (Å²) in [6.45, 7) is 4.03. The number of benzene rings is 2. The van der Waals surface area contributed by atoms with E-state index in [1.165, 1.54) is 12.1 Å². The van der Waals surface area contributed by atoms with Crippen LogP contribution < -0.4 is 10.9 Å². The van der Waals surface area contributed by atoms with Crippen molar-refractivity contribution < 1.29 is 25.9 Å². The van der Waals surface area contributed by atoms with Gasteiger partial charge in [-0.05, 0) is 36.1 Å². The van der Waals surface area contributed by atoms with Gasteiger partial charge in [0.1, 0.15) is 0 Å². The summed E-state index contributed by atoms with van der Waals surface area (Å²) in [6, 6.07) is 11.7. The molecule has 2 aromatic carbocycles. The highest BCUT2D eigenvalue weighted by Gasteiger charge is 2.42. The Morgan fingerprint density at radius 3 is 2.53 bits per heavy atom. The third kappa shape index (κ3) is 4.70. The van der Waals surface area contributed by atoms with Crippen LogP contribution in [0.3, 0.4) is 0 Å². The van der Waals surface area contributed by atoms with Crippen LogP contribution in [0.5, 0.6) is 0 Å². The molecule has 4 rings (SSSR count). The Labute approximate surface area is 198 Å². The molecule has 0 bridgehead atoms. The summed E-state index contributed by atoms with van der Waals surface area (Å²) in [6.07, 6.45) is 3.05. The fourth-order valence-electron chi connectivity index (χ4n) is 4.66. The number of rotatable bonds is 7. The molecule has 9 nitrogen and oxygen atoms in total. The third-order valence-corrected chi connectivity index (χ3v) is 8.96. The second-order valence-corrected chi connectivity index (χ2v) is 12.2. The van der Waals surface area contributed by atoms with Crippen LogP contribution in [0.2, 0.25) is 0 Å². The molecule has 2 atom stereocenters. The molecule has 0 aliphatic carbocycles. The lowest BCUT2D eigenvalue weighted by molar-refractivity contribution is 0.293. The molecule has 184 valence electrons. The van der Waals surface area contributed by atoms with Crippen molar-refractivity contribution in [1.82, 2.24) is 10.1 Å². The molecule has 3 aromatic rings. The Kier molecular flexibility index (Phi) is 6.49. The topological polar surface area (TPSA) is 136 Å². The van der Waals surface area contributed by atoms with Gasteiger partial charge < -0.3 is 4.52 Å². The number of nitrogens with zero attached hydrogens (tertiary/aromatic N) is 1. The van der Waals surface area contributed by atoms with E-state index in [2.05, 4.69) is 12.2 Å². The Morgan fingerprint density at radius 1 is 1.21 bits per heavy atom. The molecule has 1 aromatic heterocycles. The van der Waals surface area contributed by atoms with Crippen molar-refractivity contribution in [1.29, 1.82) is 0 Å². The molecular weight excluding hydrogens is 480 g/mol. The Morgan fingerprint density at radius 2 is 1.91 bits per heavy atom. The Bertz CT molecular complexity index is 1470. The minimum atomic E-state index is -4.54. The van der Waals surface area contributed by atoms with E-state index < -0.39 is 43.0 Å². The highest BCUT2D eigenvalue weighted by Crippen LogP contribution is 2.39. The number of unbranched alkanes of at least 4 members (excludes halogenated alkanes) is 1. The van der Waals surface area contributed by atoms with Crippen molar-refractivity contribution in [2.45, 2.75) is 61.9 Å². The van der Waals surface area contributed by atoms with Crippen LogP contribution >= 0.6 is 0 Å². The first-order chi connectivity index (χ1) is 16.0. The van der Waals surface area contributed by atoms with E-state index in [1.807, 2.05) is 37.3 Å². The summed E-state index contributed by atoms with van der Waals surface area (Å²) in [5.74, 6) is -1.19. The van der Waals surface area contributed by atoms with Crippen molar-refractivity contribution in [3.63, 3.8) is 0 Å².